The van der Waals surface area contributed by atoms with Gasteiger partial charge in [-0.2, -0.15) is 0 Å². The zero-order valence-corrected chi connectivity index (χ0v) is 15.5. The van der Waals surface area contributed by atoms with Gasteiger partial charge in [-0.05, 0) is 48.2 Å². The van der Waals surface area contributed by atoms with Gasteiger partial charge in [0.05, 0.1) is 5.92 Å². The van der Waals surface area contributed by atoms with E-state index < -0.39 is 5.92 Å². The molecule has 1 aliphatic rings. The average molecular weight is 370 g/mol. The van der Waals surface area contributed by atoms with E-state index in [1.165, 1.54) is 0 Å². The molecule has 0 aromatic heterocycles. The Kier molecular flexibility index (Phi) is 5.20. The molecule has 0 spiro atoms. The zero-order valence-electron chi connectivity index (χ0n) is 15.5. The summed E-state index contributed by atoms with van der Waals surface area (Å²) in [4.78, 5) is 25.2. The number of amides is 2. The average Bonchev–Trinajstić information content (AvgIpc) is 3.54. The summed E-state index contributed by atoms with van der Waals surface area (Å²) in [5.41, 5.74) is 3.15. The molecular weight excluding hydrogens is 348 g/mol. The first-order valence-corrected chi connectivity index (χ1v) is 9.52. The van der Waals surface area contributed by atoms with E-state index in [0.29, 0.717) is 17.3 Å². The molecule has 28 heavy (non-hydrogen) atoms. The quantitative estimate of drug-likeness (QED) is 0.678. The van der Waals surface area contributed by atoms with Crippen molar-refractivity contribution in [3.05, 3.63) is 102 Å². The Hall–Kier alpha value is -3.40. The molecule has 0 heterocycles. The minimum atomic E-state index is -0.403. The predicted octanol–water partition coefficient (Wildman–Crippen LogP) is 4.35. The van der Waals surface area contributed by atoms with Crippen LogP contribution in [0.5, 0.6) is 0 Å². The Morgan fingerprint density at radius 1 is 0.750 bits per heavy atom. The minimum Gasteiger partial charge on any atom is -0.349 e. The zero-order chi connectivity index (χ0) is 19.3. The lowest BCUT2D eigenvalue weighted by Gasteiger charge is -2.18. The van der Waals surface area contributed by atoms with Gasteiger partial charge in [0.1, 0.15) is 0 Å². The summed E-state index contributed by atoms with van der Waals surface area (Å²) in [6.07, 6.45) is 2.11. The molecule has 3 aromatic rings. The van der Waals surface area contributed by atoms with Crippen LogP contribution in [0.15, 0.2) is 84.9 Å². The molecule has 4 heteroatoms. The standard InChI is InChI=1S/C24H22N2O2/c27-23(25-21-15-16-21)19-11-13-20(14-12-19)26-24(28)22(17-7-3-1-4-8-17)18-9-5-2-6-10-18/h1-14,21-22H,15-16H2,(H,25,27)(H,26,28). The van der Waals surface area contributed by atoms with Crippen molar-refractivity contribution in [2.75, 3.05) is 5.32 Å². The van der Waals surface area contributed by atoms with E-state index in [2.05, 4.69) is 10.6 Å². The molecule has 4 rings (SSSR count). The molecular formula is C24H22N2O2. The Morgan fingerprint density at radius 3 is 1.79 bits per heavy atom. The molecule has 4 nitrogen and oxygen atoms in total. The molecule has 1 saturated carbocycles. The third-order valence-electron chi connectivity index (χ3n) is 4.86. The van der Waals surface area contributed by atoms with Gasteiger partial charge in [0.2, 0.25) is 5.91 Å². The van der Waals surface area contributed by atoms with Crippen molar-refractivity contribution in [1.29, 1.82) is 0 Å². The highest BCUT2D eigenvalue weighted by Gasteiger charge is 2.24. The molecule has 3 aromatic carbocycles. The topological polar surface area (TPSA) is 58.2 Å². The molecule has 140 valence electrons. The smallest absolute Gasteiger partial charge is 0.251 e. The number of hydrogen-bond acceptors (Lipinski definition) is 2. The summed E-state index contributed by atoms with van der Waals surface area (Å²) in [5, 5.41) is 5.95. The van der Waals surface area contributed by atoms with Crippen molar-refractivity contribution >= 4 is 17.5 Å². The van der Waals surface area contributed by atoms with Gasteiger partial charge in [0, 0.05) is 17.3 Å². The summed E-state index contributed by atoms with van der Waals surface area (Å²) < 4.78 is 0. The maximum Gasteiger partial charge on any atom is 0.251 e. The van der Waals surface area contributed by atoms with E-state index in [1.54, 1.807) is 24.3 Å². The Bertz CT molecular complexity index is 909. The van der Waals surface area contributed by atoms with Crippen molar-refractivity contribution in [3.8, 4) is 0 Å². The maximum absolute atomic E-state index is 13.1. The van der Waals surface area contributed by atoms with Crippen molar-refractivity contribution in [2.24, 2.45) is 0 Å². The van der Waals surface area contributed by atoms with Gasteiger partial charge < -0.3 is 10.6 Å². The van der Waals surface area contributed by atoms with Gasteiger partial charge in [-0.25, -0.2) is 0 Å². The molecule has 1 fully saturated rings. The molecule has 1 aliphatic carbocycles. The first kappa shape index (κ1) is 18.0. The van der Waals surface area contributed by atoms with E-state index in [-0.39, 0.29) is 11.8 Å². The first-order chi connectivity index (χ1) is 13.7. The molecule has 2 N–H and O–H groups in total. The Labute approximate surface area is 164 Å². The molecule has 2 amide bonds. The fourth-order valence-electron chi connectivity index (χ4n) is 3.20. The van der Waals surface area contributed by atoms with Crippen molar-refractivity contribution in [3.63, 3.8) is 0 Å². The van der Waals surface area contributed by atoms with Crippen molar-refractivity contribution in [1.82, 2.24) is 5.32 Å². The second kappa shape index (κ2) is 8.09. The van der Waals surface area contributed by atoms with Crippen LogP contribution in [-0.2, 0) is 4.79 Å². The van der Waals surface area contributed by atoms with Crippen LogP contribution >= 0.6 is 0 Å². The molecule has 0 aliphatic heterocycles. The van der Waals surface area contributed by atoms with Crippen LogP contribution in [0.1, 0.15) is 40.2 Å². The fraction of sp³-hybridized carbons (Fsp3) is 0.167. The largest absolute Gasteiger partial charge is 0.349 e. The third kappa shape index (κ3) is 4.29. The Morgan fingerprint density at radius 2 is 1.29 bits per heavy atom. The van der Waals surface area contributed by atoms with Gasteiger partial charge in [-0.1, -0.05) is 60.7 Å². The highest BCUT2D eigenvalue weighted by molar-refractivity contribution is 5.99. The molecule has 0 radical (unpaired) electrons. The van der Waals surface area contributed by atoms with Crippen LogP contribution in [-0.4, -0.2) is 17.9 Å². The van der Waals surface area contributed by atoms with Crippen molar-refractivity contribution < 1.29 is 9.59 Å². The van der Waals surface area contributed by atoms with Gasteiger partial charge in [0.15, 0.2) is 0 Å². The molecule has 0 saturated heterocycles. The van der Waals surface area contributed by atoms with Gasteiger partial charge in [0.25, 0.3) is 5.91 Å². The first-order valence-electron chi connectivity index (χ1n) is 9.52. The summed E-state index contributed by atoms with van der Waals surface area (Å²) >= 11 is 0. The van der Waals surface area contributed by atoms with E-state index in [0.717, 1.165) is 24.0 Å². The summed E-state index contributed by atoms with van der Waals surface area (Å²) in [6.45, 7) is 0. The maximum atomic E-state index is 13.1. The Balaban J connectivity index is 1.52. The SMILES string of the molecule is O=C(NC1CC1)c1ccc(NC(=O)C(c2ccccc2)c2ccccc2)cc1. The normalized spacial score (nSPS) is 13.2. The molecule has 0 bridgehead atoms. The highest BCUT2D eigenvalue weighted by atomic mass is 16.2. The van der Waals surface area contributed by atoms with Gasteiger partial charge in [-0.3, -0.25) is 9.59 Å². The lowest BCUT2D eigenvalue weighted by molar-refractivity contribution is -0.116. The van der Waals surface area contributed by atoms with Crippen LogP contribution < -0.4 is 10.6 Å². The van der Waals surface area contributed by atoms with Crippen LogP contribution in [0.25, 0.3) is 0 Å². The number of carbonyl (C=O) groups is 2. The van der Waals surface area contributed by atoms with E-state index in [1.807, 2.05) is 60.7 Å². The lowest BCUT2D eigenvalue weighted by atomic mass is 9.90. The number of anilines is 1. The second-order valence-corrected chi connectivity index (χ2v) is 7.07. The van der Waals surface area contributed by atoms with Crippen LogP contribution in [0, 0.1) is 0 Å². The van der Waals surface area contributed by atoms with E-state index in [9.17, 15) is 9.59 Å². The van der Waals surface area contributed by atoms with Gasteiger partial charge in [-0.15, -0.1) is 0 Å². The minimum absolute atomic E-state index is 0.0631. The fourth-order valence-corrected chi connectivity index (χ4v) is 3.20. The molecule has 0 unspecified atom stereocenters. The summed E-state index contributed by atoms with van der Waals surface area (Å²) in [6, 6.07) is 26.8. The van der Waals surface area contributed by atoms with Gasteiger partial charge >= 0.3 is 0 Å². The predicted molar refractivity (Wildman–Crippen MR) is 110 cm³/mol. The third-order valence-corrected chi connectivity index (χ3v) is 4.86. The number of nitrogens with one attached hydrogen (secondary N) is 2. The van der Waals surface area contributed by atoms with E-state index >= 15 is 0 Å². The van der Waals surface area contributed by atoms with E-state index in [4.69, 9.17) is 0 Å². The summed E-state index contributed by atoms with van der Waals surface area (Å²) in [5.74, 6) is -0.570. The second-order valence-electron chi connectivity index (χ2n) is 7.07. The monoisotopic (exact) mass is 370 g/mol. The number of rotatable bonds is 6. The highest BCUT2D eigenvalue weighted by Crippen LogP contribution is 2.26. The number of benzene rings is 3. The van der Waals surface area contributed by atoms with Crippen molar-refractivity contribution in [2.45, 2.75) is 24.8 Å². The molecule has 0 atom stereocenters. The van der Waals surface area contributed by atoms with Crippen LogP contribution in [0.4, 0.5) is 5.69 Å². The van der Waals surface area contributed by atoms with Crippen LogP contribution in [0.3, 0.4) is 0 Å². The number of carbonyl (C=O) groups excluding carboxylic acids is 2. The number of hydrogen-bond donors (Lipinski definition) is 2. The van der Waals surface area contributed by atoms with Crippen LogP contribution in [0.2, 0.25) is 0 Å². The lowest BCUT2D eigenvalue weighted by Crippen LogP contribution is -2.25. The summed E-state index contributed by atoms with van der Waals surface area (Å²) in [7, 11) is 0.